The van der Waals surface area contributed by atoms with Crippen molar-refractivity contribution >= 4 is 11.9 Å². The number of urea groups is 1. The number of rotatable bonds is 4. The molecule has 3 heterocycles. The summed E-state index contributed by atoms with van der Waals surface area (Å²) in [5.41, 5.74) is 0. The average Bonchev–Trinajstić information content (AvgIpc) is 3.15. The Labute approximate surface area is 135 Å². The van der Waals surface area contributed by atoms with Gasteiger partial charge < -0.3 is 20.1 Å². The molecule has 2 fully saturated rings. The van der Waals surface area contributed by atoms with Gasteiger partial charge in [-0.3, -0.25) is 9.69 Å². The van der Waals surface area contributed by atoms with Crippen molar-refractivity contribution in [2.45, 2.75) is 12.3 Å². The summed E-state index contributed by atoms with van der Waals surface area (Å²) < 4.78 is 2.02. The highest BCUT2D eigenvalue weighted by molar-refractivity contribution is 5.78. The number of aromatic nitrogens is 2. The SMILES string of the molecule is Cn1ccnc1C1CCN(C(=O)NCCN2CCNC(=O)C2)C1. The Balaban J connectivity index is 1.41. The van der Waals surface area contributed by atoms with Crippen molar-refractivity contribution in [2.75, 3.05) is 45.8 Å². The second-order valence-corrected chi connectivity index (χ2v) is 6.19. The van der Waals surface area contributed by atoms with E-state index in [1.165, 1.54) is 0 Å². The van der Waals surface area contributed by atoms with Crippen LogP contribution >= 0.6 is 0 Å². The van der Waals surface area contributed by atoms with Gasteiger partial charge in [0.1, 0.15) is 5.82 Å². The standard InChI is InChI=1S/C15H24N6O2/c1-19-7-3-17-14(19)12-2-6-21(10-12)15(23)18-5-9-20-8-4-16-13(22)11-20/h3,7,12H,2,4-6,8-11H2,1H3,(H,16,22)(H,18,23). The van der Waals surface area contributed by atoms with Crippen molar-refractivity contribution in [2.24, 2.45) is 7.05 Å². The number of likely N-dealkylation sites (tertiary alicyclic amines) is 1. The molecule has 126 valence electrons. The van der Waals surface area contributed by atoms with Crippen LogP contribution in [0.15, 0.2) is 12.4 Å². The van der Waals surface area contributed by atoms with E-state index < -0.39 is 0 Å². The van der Waals surface area contributed by atoms with Crippen LogP contribution in [0.1, 0.15) is 18.2 Å². The van der Waals surface area contributed by atoms with Crippen LogP contribution in [0.5, 0.6) is 0 Å². The second kappa shape index (κ2) is 6.99. The maximum atomic E-state index is 12.2. The lowest BCUT2D eigenvalue weighted by Crippen LogP contribution is -2.50. The summed E-state index contributed by atoms with van der Waals surface area (Å²) in [5, 5.41) is 5.75. The average molecular weight is 320 g/mol. The van der Waals surface area contributed by atoms with E-state index in [2.05, 4.69) is 20.5 Å². The topological polar surface area (TPSA) is 82.5 Å². The van der Waals surface area contributed by atoms with Crippen molar-refractivity contribution in [3.05, 3.63) is 18.2 Å². The Morgan fingerprint density at radius 3 is 3.09 bits per heavy atom. The van der Waals surface area contributed by atoms with E-state index in [0.717, 1.165) is 25.3 Å². The molecule has 0 aromatic carbocycles. The van der Waals surface area contributed by atoms with Crippen LogP contribution in [0.2, 0.25) is 0 Å². The molecule has 1 aromatic heterocycles. The van der Waals surface area contributed by atoms with Gasteiger partial charge in [-0.15, -0.1) is 0 Å². The molecule has 23 heavy (non-hydrogen) atoms. The molecule has 8 nitrogen and oxygen atoms in total. The van der Waals surface area contributed by atoms with Crippen molar-refractivity contribution in [1.82, 2.24) is 30.0 Å². The lowest BCUT2D eigenvalue weighted by Gasteiger charge is -2.26. The number of carbonyl (C=O) groups is 2. The molecule has 2 aliphatic rings. The van der Waals surface area contributed by atoms with Crippen LogP contribution in [0.25, 0.3) is 0 Å². The molecule has 2 aliphatic heterocycles. The zero-order valence-corrected chi connectivity index (χ0v) is 13.5. The second-order valence-electron chi connectivity index (χ2n) is 6.19. The smallest absolute Gasteiger partial charge is 0.317 e. The minimum Gasteiger partial charge on any atom is -0.354 e. The fourth-order valence-corrected chi connectivity index (χ4v) is 3.24. The predicted octanol–water partition coefficient (Wildman–Crippen LogP) is -0.649. The van der Waals surface area contributed by atoms with Gasteiger partial charge in [0.15, 0.2) is 0 Å². The maximum Gasteiger partial charge on any atom is 0.317 e. The van der Waals surface area contributed by atoms with Crippen LogP contribution in [-0.4, -0.2) is 77.1 Å². The molecule has 0 spiro atoms. The minimum atomic E-state index is -0.0248. The maximum absolute atomic E-state index is 12.2. The molecule has 1 atom stereocenters. The molecule has 8 heteroatoms. The zero-order valence-electron chi connectivity index (χ0n) is 13.5. The van der Waals surface area contributed by atoms with E-state index in [1.54, 1.807) is 6.20 Å². The van der Waals surface area contributed by atoms with Crippen molar-refractivity contribution in [3.8, 4) is 0 Å². The van der Waals surface area contributed by atoms with Gasteiger partial charge in [-0.05, 0) is 6.42 Å². The third-order valence-corrected chi connectivity index (χ3v) is 4.52. The van der Waals surface area contributed by atoms with Crippen LogP contribution in [-0.2, 0) is 11.8 Å². The lowest BCUT2D eigenvalue weighted by molar-refractivity contribution is -0.124. The highest BCUT2D eigenvalue weighted by Gasteiger charge is 2.29. The van der Waals surface area contributed by atoms with Gasteiger partial charge in [-0.2, -0.15) is 0 Å². The van der Waals surface area contributed by atoms with Crippen LogP contribution in [0.4, 0.5) is 4.79 Å². The number of nitrogens with one attached hydrogen (secondary N) is 2. The number of amides is 3. The summed E-state index contributed by atoms with van der Waals surface area (Å²) in [6.45, 7) is 4.68. The highest BCUT2D eigenvalue weighted by Crippen LogP contribution is 2.25. The number of piperazine rings is 1. The first-order valence-electron chi connectivity index (χ1n) is 8.12. The normalized spacial score (nSPS) is 22.2. The summed E-state index contributed by atoms with van der Waals surface area (Å²) in [6.07, 6.45) is 4.68. The monoisotopic (exact) mass is 320 g/mol. The van der Waals surface area contributed by atoms with E-state index >= 15 is 0 Å². The molecule has 0 bridgehead atoms. The Hall–Kier alpha value is -2.09. The quantitative estimate of drug-likeness (QED) is 0.772. The molecule has 0 radical (unpaired) electrons. The third kappa shape index (κ3) is 3.82. The van der Waals surface area contributed by atoms with Gasteiger partial charge in [-0.1, -0.05) is 0 Å². The van der Waals surface area contributed by atoms with E-state index in [0.29, 0.717) is 38.6 Å². The van der Waals surface area contributed by atoms with Crippen LogP contribution in [0.3, 0.4) is 0 Å². The summed E-state index contributed by atoms with van der Waals surface area (Å²) in [6, 6.07) is -0.0248. The molecule has 1 unspecified atom stereocenters. The molecule has 1 aromatic rings. The predicted molar refractivity (Wildman–Crippen MR) is 85.0 cm³/mol. The van der Waals surface area contributed by atoms with Gasteiger partial charge in [-0.25, -0.2) is 9.78 Å². The first kappa shape index (κ1) is 15.8. The van der Waals surface area contributed by atoms with Gasteiger partial charge in [0.05, 0.1) is 6.54 Å². The van der Waals surface area contributed by atoms with Gasteiger partial charge in [0, 0.05) is 64.6 Å². The molecule has 0 aliphatic carbocycles. The van der Waals surface area contributed by atoms with E-state index in [9.17, 15) is 9.59 Å². The number of imidazole rings is 1. The van der Waals surface area contributed by atoms with Gasteiger partial charge >= 0.3 is 6.03 Å². The van der Waals surface area contributed by atoms with E-state index in [1.807, 2.05) is 22.7 Å². The Bertz CT molecular complexity index is 572. The fraction of sp³-hybridized carbons (Fsp3) is 0.667. The zero-order chi connectivity index (χ0) is 16.2. The van der Waals surface area contributed by atoms with Crippen LogP contribution in [0, 0.1) is 0 Å². The first-order valence-corrected chi connectivity index (χ1v) is 8.12. The van der Waals surface area contributed by atoms with E-state index in [4.69, 9.17) is 0 Å². The van der Waals surface area contributed by atoms with Crippen molar-refractivity contribution < 1.29 is 9.59 Å². The summed E-state index contributed by atoms with van der Waals surface area (Å²) in [7, 11) is 1.99. The molecule has 2 N–H and O–H groups in total. The molecule has 3 amide bonds. The molecule has 3 rings (SSSR count). The van der Waals surface area contributed by atoms with Gasteiger partial charge in [0.25, 0.3) is 0 Å². The summed E-state index contributed by atoms with van der Waals surface area (Å²) >= 11 is 0. The fourth-order valence-electron chi connectivity index (χ4n) is 3.24. The molecular formula is C15H24N6O2. The van der Waals surface area contributed by atoms with Crippen molar-refractivity contribution in [1.29, 1.82) is 0 Å². The largest absolute Gasteiger partial charge is 0.354 e. The first-order chi connectivity index (χ1) is 11.1. The highest BCUT2D eigenvalue weighted by atomic mass is 16.2. The number of hydrogen-bond acceptors (Lipinski definition) is 4. The Morgan fingerprint density at radius 1 is 1.48 bits per heavy atom. The number of carbonyl (C=O) groups excluding carboxylic acids is 2. The summed E-state index contributed by atoms with van der Waals surface area (Å²) in [4.78, 5) is 31.8. The van der Waals surface area contributed by atoms with Crippen molar-refractivity contribution in [3.63, 3.8) is 0 Å². The van der Waals surface area contributed by atoms with Gasteiger partial charge in [0.2, 0.25) is 5.91 Å². The number of nitrogens with zero attached hydrogens (tertiary/aromatic N) is 4. The third-order valence-electron chi connectivity index (χ3n) is 4.52. The molecule has 0 saturated carbocycles. The number of hydrogen-bond donors (Lipinski definition) is 2. The Morgan fingerprint density at radius 2 is 2.35 bits per heavy atom. The number of aryl methyl sites for hydroxylation is 1. The molecule has 2 saturated heterocycles. The summed E-state index contributed by atoms with van der Waals surface area (Å²) in [5.74, 6) is 1.41. The van der Waals surface area contributed by atoms with Crippen LogP contribution < -0.4 is 10.6 Å². The molecular weight excluding hydrogens is 296 g/mol. The minimum absolute atomic E-state index is 0.0248. The Kier molecular flexibility index (Phi) is 4.80. The lowest BCUT2D eigenvalue weighted by atomic mass is 10.1. The van der Waals surface area contributed by atoms with E-state index in [-0.39, 0.29) is 11.9 Å².